The molecule has 0 bridgehead atoms. The Balaban J connectivity index is 1.87. The van der Waals surface area contributed by atoms with Gasteiger partial charge in [-0.05, 0) is 43.7 Å². The predicted octanol–water partition coefficient (Wildman–Crippen LogP) is 2.52. The van der Waals surface area contributed by atoms with Gasteiger partial charge in [0, 0.05) is 24.3 Å². The van der Waals surface area contributed by atoms with Gasteiger partial charge in [0.15, 0.2) is 0 Å². The monoisotopic (exact) mass is 258 g/mol. The van der Waals surface area contributed by atoms with Crippen LogP contribution in [0.3, 0.4) is 0 Å². The molecule has 4 heteroatoms. The number of anilines is 1. The highest BCUT2D eigenvalue weighted by Gasteiger charge is 2.33. The summed E-state index contributed by atoms with van der Waals surface area (Å²) in [5.74, 6) is 1.97. The fraction of sp³-hybridized carbons (Fsp3) is 0.600. The van der Waals surface area contributed by atoms with E-state index < -0.39 is 0 Å². The van der Waals surface area contributed by atoms with Gasteiger partial charge in [0.1, 0.15) is 11.7 Å². The molecule has 1 saturated heterocycles. The molecule has 1 aliphatic heterocycles. The summed E-state index contributed by atoms with van der Waals surface area (Å²) in [6.45, 7) is 1.09. The maximum atomic E-state index is 7.56. The van der Waals surface area contributed by atoms with Crippen molar-refractivity contribution in [2.75, 3.05) is 11.4 Å². The number of nitrogens with zero attached hydrogens (tertiary/aromatic N) is 2. The van der Waals surface area contributed by atoms with E-state index in [0.717, 1.165) is 23.8 Å². The van der Waals surface area contributed by atoms with Gasteiger partial charge < -0.3 is 10.6 Å². The normalized spacial score (nSPS) is 26.8. The van der Waals surface area contributed by atoms with Crippen molar-refractivity contribution in [3.8, 4) is 0 Å². The standard InChI is InChI=1S/C15H22N4/c16-15(17)12-7-8-18-14(10-12)19-9-3-5-11-4-1-2-6-13(11)19/h7-8,10-11,13H,1-6,9H2,(H3,16,17)/t11-,13-/m1/s1. The topological polar surface area (TPSA) is 66.0 Å². The molecule has 1 aromatic heterocycles. The third kappa shape index (κ3) is 2.44. The first-order chi connectivity index (χ1) is 9.25. The molecule has 19 heavy (non-hydrogen) atoms. The first-order valence-electron chi connectivity index (χ1n) is 7.33. The number of hydrogen-bond acceptors (Lipinski definition) is 3. The molecule has 0 aromatic carbocycles. The molecule has 0 amide bonds. The zero-order valence-corrected chi connectivity index (χ0v) is 11.3. The maximum absolute atomic E-state index is 7.56. The van der Waals surface area contributed by atoms with Crippen molar-refractivity contribution < 1.29 is 0 Å². The number of rotatable bonds is 2. The number of piperidine rings is 1. The number of nitrogen functional groups attached to an aromatic ring is 1. The lowest BCUT2D eigenvalue weighted by Crippen LogP contribution is -2.47. The molecule has 4 nitrogen and oxygen atoms in total. The summed E-state index contributed by atoms with van der Waals surface area (Å²) < 4.78 is 0. The molecule has 2 aliphatic rings. The summed E-state index contributed by atoms with van der Waals surface area (Å²) in [7, 11) is 0. The van der Waals surface area contributed by atoms with Crippen molar-refractivity contribution in [1.82, 2.24) is 4.98 Å². The number of nitrogens with two attached hydrogens (primary N) is 1. The predicted molar refractivity (Wildman–Crippen MR) is 77.6 cm³/mol. The van der Waals surface area contributed by atoms with Gasteiger partial charge in [0.25, 0.3) is 0 Å². The van der Waals surface area contributed by atoms with Crippen LogP contribution in [-0.2, 0) is 0 Å². The molecule has 3 N–H and O–H groups in total. The third-order valence-corrected chi connectivity index (χ3v) is 4.59. The first-order valence-corrected chi connectivity index (χ1v) is 7.33. The van der Waals surface area contributed by atoms with Gasteiger partial charge in [-0.15, -0.1) is 0 Å². The zero-order valence-electron chi connectivity index (χ0n) is 11.3. The zero-order chi connectivity index (χ0) is 13.2. The Hall–Kier alpha value is -1.58. The highest BCUT2D eigenvalue weighted by molar-refractivity contribution is 5.95. The van der Waals surface area contributed by atoms with Crippen LogP contribution in [0.4, 0.5) is 5.82 Å². The number of fused-ring (bicyclic) bond motifs is 1. The lowest BCUT2D eigenvalue weighted by molar-refractivity contribution is 0.243. The van der Waals surface area contributed by atoms with Crippen LogP contribution in [0, 0.1) is 11.3 Å². The van der Waals surface area contributed by atoms with Crippen LogP contribution in [-0.4, -0.2) is 23.4 Å². The lowest BCUT2D eigenvalue weighted by Gasteiger charge is -2.44. The minimum absolute atomic E-state index is 0.126. The van der Waals surface area contributed by atoms with E-state index in [9.17, 15) is 0 Å². The van der Waals surface area contributed by atoms with Gasteiger partial charge in [-0.25, -0.2) is 4.98 Å². The summed E-state index contributed by atoms with van der Waals surface area (Å²) in [5, 5.41) is 7.56. The summed E-state index contributed by atoms with van der Waals surface area (Å²) >= 11 is 0. The second-order valence-electron chi connectivity index (χ2n) is 5.76. The number of pyridine rings is 1. The van der Waals surface area contributed by atoms with Crippen molar-refractivity contribution in [3.05, 3.63) is 23.9 Å². The number of hydrogen-bond donors (Lipinski definition) is 2. The van der Waals surface area contributed by atoms with Crippen LogP contribution in [0.25, 0.3) is 0 Å². The van der Waals surface area contributed by atoms with Gasteiger partial charge in [0.05, 0.1) is 0 Å². The number of nitrogens with one attached hydrogen (secondary N) is 1. The van der Waals surface area contributed by atoms with E-state index in [2.05, 4.69) is 9.88 Å². The van der Waals surface area contributed by atoms with Gasteiger partial charge in [-0.2, -0.15) is 0 Å². The molecule has 1 aromatic rings. The summed E-state index contributed by atoms with van der Waals surface area (Å²) in [6, 6.07) is 4.44. The third-order valence-electron chi connectivity index (χ3n) is 4.59. The fourth-order valence-corrected chi connectivity index (χ4v) is 3.65. The van der Waals surface area contributed by atoms with Gasteiger partial charge >= 0.3 is 0 Å². The molecule has 2 heterocycles. The summed E-state index contributed by atoms with van der Waals surface area (Å²) in [6.07, 6.45) is 9.78. The molecular formula is C15H22N4. The molecule has 3 rings (SSSR count). The van der Waals surface area contributed by atoms with Gasteiger partial charge in [-0.3, -0.25) is 5.41 Å². The fourth-order valence-electron chi connectivity index (χ4n) is 3.65. The van der Waals surface area contributed by atoms with Crippen molar-refractivity contribution in [2.45, 2.75) is 44.6 Å². The van der Waals surface area contributed by atoms with E-state index >= 15 is 0 Å². The Bertz CT molecular complexity index is 469. The quantitative estimate of drug-likeness (QED) is 0.633. The second-order valence-corrected chi connectivity index (χ2v) is 5.76. The molecule has 0 radical (unpaired) electrons. The number of aromatic nitrogens is 1. The smallest absolute Gasteiger partial charge is 0.129 e. The molecule has 0 spiro atoms. The van der Waals surface area contributed by atoms with Gasteiger partial charge in [0.2, 0.25) is 0 Å². The van der Waals surface area contributed by atoms with E-state index in [1.165, 1.54) is 38.5 Å². The Labute approximate surface area is 114 Å². The molecule has 1 saturated carbocycles. The Kier molecular flexibility index (Phi) is 3.40. The number of amidine groups is 1. The van der Waals surface area contributed by atoms with Crippen LogP contribution in [0.2, 0.25) is 0 Å². The average Bonchev–Trinajstić information content (AvgIpc) is 2.47. The average molecular weight is 258 g/mol. The second kappa shape index (κ2) is 5.19. The minimum Gasteiger partial charge on any atom is -0.384 e. The SMILES string of the molecule is N=C(N)c1ccnc(N2CCC[C@H]3CCCC[C@H]32)c1. The van der Waals surface area contributed by atoms with Crippen LogP contribution >= 0.6 is 0 Å². The van der Waals surface area contributed by atoms with E-state index in [4.69, 9.17) is 11.1 Å². The van der Waals surface area contributed by atoms with E-state index in [1.807, 2.05) is 12.1 Å². The molecule has 2 fully saturated rings. The molecule has 0 unspecified atom stereocenters. The summed E-state index contributed by atoms with van der Waals surface area (Å²) in [4.78, 5) is 6.97. The van der Waals surface area contributed by atoms with Crippen molar-refractivity contribution >= 4 is 11.7 Å². The molecule has 102 valence electrons. The first kappa shape index (κ1) is 12.5. The van der Waals surface area contributed by atoms with E-state index in [-0.39, 0.29) is 5.84 Å². The Morgan fingerprint density at radius 3 is 2.89 bits per heavy atom. The van der Waals surface area contributed by atoms with E-state index in [0.29, 0.717) is 6.04 Å². The highest BCUT2D eigenvalue weighted by Crippen LogP contribution is 2.37. The molecule has 2 atom stereocenters. The molecule has 1 aliphatic carbocycles. The molecular weight excluding hydrogens is 236 g/mol. The largest absolute Gasteiger partial charge is 0.384 e. The van der Waals surface area contributed by atoms with Crippen LogP contribution in [0.15, 0.2) is 18.3 Å². The van der Waals surface area contributed by atoms with Crippen LogP contribution in [0.1, 0.15) is 44.1 Å². The Morgan fingerprint density at radius 1 is 1.26 bits per heavy atom. The van der Waals surface area contributed by atoms with Crippen molar-refractivity contribution in [3.63, 3.8) is 0 Å². The lowest BCUT2D eigenvalue weighted by atomic mass is 9.78. The maximum Gasteiger partial charge on any atom is 0.129 e. The van der Waals surface area contributed by atoms with Gasteiger partial charge in [-0.1, -0.05) is 12.8 Å². The van der Waals surface area contributed by atoms with Crippen LogP contribution < -0.4 is 10.6 Å². The minimum atomic E-state index is 0.126. The Morgan fingerprint density at radius 2 is 2.05 bits per heavy atom. The van der Waals surface area contributed by atoms with Crippen LogP contribution in [0.5, 0.6) is 0 Å². The van der Waals surface area contributed by atoms with Crippen molar-refractivity contribution in [1.29, 1.82) is 5.41 Å². The summed E-state index contributed by atoms with van der Waals surface area (Å²) in [5.41, 5.74) is 6.36. The van der Waals surface area contributed by atoms with Crippen molar-refractivity contribution in [2.24, 2.45) is 11.7 Å². The highest BCUT2D eigenvalue weighted by atomic mass is 15.2. The van der Waals surface area contributed by atoms with E-state index in [1.54, 1.807) is 6.20 Å².